The smallest absolute Gasteiger partial charge is 0.316 e. The van der Waals surface area contributed by atoms with E-state index in [-0.39, 0.29) is 0 Å². The molecular weight excluding hydrogens is 248 g/mol. The monoisotopic (exact) mass is 261 g/mol. The standard InChI is InChI=1S/C10H13F2N3O3/c11-9(12)8-7(15(17)18)6-14(13-8)10(16)4-2-1-3-5-10/h6,9,16H,1-5H2. The molecule has 1 aliphatic carbocycles. The molecule has 0 spiro atoms. The van der Waals surface area contributed by atoms with Crippen LogP contribution in [0.25, 0.3) is 0 Å². The third-order valence-corrected chi connectivity index (χ3v) is 3.21. The molecule has 1 heterocycles. The van der Waals surface area contributed by atoms with Crippen LogP contribution in [0.4, 0.5) is 14.5 Å². The molecule has 0 aromatic carbocycles. The normalized spacial score (nSPS) is 19.1. The van der Waals surface area contributed by atoms with E-state index in [1.54, 1.807) is 0 Å². The number of nitro groups is 1. The topological polar surface area (TPSA) is 81.2 Å². The first kappa shape index (κ1) is 12.9. The molecular formula is C10H13F2N3O3. The first-order valence-corrected chi connectivity index (χ1v) is 5.69. The van der Waals surface area contributed by atoms with Crippen LogP contribution in [-0.4, -0.2) is 19.8 Å². The van der Waals surface area contributed by atoms with Gasteiger partial charge in [0.1, 0.15) is 6.20 Å². The van der Waals surface area contributed by atoms with Crippen LogP contribution >= 0.6 is 0 Å². The first-order valence-electron chi connectivity index (χ1n) is 5.69. The molecule has 0 bridgehead atoms. The Labute approximate surface area is 101 Å². The summed E-state index contributed by atoms with van der Waals surface area (Å²) in [6.07, 6.45) is 1.05. The van der Waals surface area contributed by atoms with Crippen molar-refractivity contribution < 1.29 is 18.8 Å². The number of nitrogens with zero attached hydrogens (tertiary/aromatic N) is 3. The van der Waals surface area contributed by atoms with Crippen molar-refractivity contribution in [2.45, 2.75) is 44.3 Å². The highest BCUT2D eigenvalue weighted by molar-refractivity contribution is 5.33. The zero-order chi connectivity index (χ0) is 13.3. The molecule has 1 fully saturated rings. The van der Waals surface area contributed by atoms with Crippen molar-refractivity contribution in [3.05, 3.63) is 22.0 Å². The molecule has 0 aliphatic heterocycles. The number of alkyl halides is 2. The van der Waals surface area contributed by atoms with Crippen LogP contribution in [-0.2, 0) is 5.72 Å². The predicted molar refractivity (Wildman–Crippen MR) is 57.1 cm³/mol. The van der Waals surface area contributed by atoms with Crippen molar-refractivity contribution in [3.63, 3.8) is 0 Å². The van der Waals surface area contributed by atoms with Gasteiger partial charge in [0, 0.05) is 0 Å². The Morgan fingerprint density at radius 1 is 1.44 bits per heavy atom. The molecule has 1 aromatic rings. The van der Waals surface area contributed by atoms with Gasteiger partial charge in [0.25, 0.3) is 6.43 Å². The minimum absolute atomic E-state index is 0.370. The van der Waals surface area contributed by atoms with Crippen LogP contribution in [0.5, 0.6) is 0 Å². The lowest BCUT2D eigenvalue weighted by molar-refractivity contribution is -0.386. The van der Waals surface area contributed by atoms with Gasteiger partial charge in [-0.3, -0.25) is 10.1 Å². The van der Waals surface area contributed by atoms with Gasteiger partial charge in [0.2, 0.25) is 5.69 Å². The molecule has 0 amide bonds. The van der Waals surface area contributed by atoms with Gasteiger partial charge in [-0.1, -0.05) is 6.42 Å². The van der Waals surface area contributed by atoms with Gasteiger partial charge in [-0.25, -0.2) is 13.5 Å². The maximum absolute atomic E-state index is 12.6. The van der Waals surface area contributed by atoms with Crippen LogP contribution in [0, 0.1) is 10.1 Å². The Bertz CT molecular complexity index is 455. The Kier molecular flexibility index (Phi) is 3.29. The second kappa shape index (κ2) is 4.60. The fraction of sp³-hybridized carbons (Fsp3) is 0.700. The maximum atomic E-state index is 12.6. The quantitative estimate of drug-likeness (QED) is 0.668. The van der Waals surface area contributed by atoms with E-state index in [1.807, 2.05) is 0 Å². The fourth-order valence-electron chi connectivity index (χ4n) is 2.23. The van der Waals surface area contributed by atoms with Gasteiger partial charge in [-0.2, -0.15) is 5.10 Å². The van der Waals surface area contributed by atoms with E-state index in [0.717, 1.165) is 30.1 Å². The molecule has 100 valence electrons. The summed E-state index contributed by atoms with van der Waals surface area (Å²) in [4.78, 5) is 9.76. The summed E-state index contributed by atoms with van der Waals surface area (Å²) in [5, 5.41) is 24.4. The Balaban J connectivity index is 2.39. The van der Waals surface area contributed by atoms with Crippen LogP contribution in [0.15, 0.2) is 6.20 Å². The predicted octanol–water partition coefficient (Wildman–Crippen LogP) is 2.34. The molecule has 1 saturated carbocycles. The molecule has 0 atom stereocenters. The fourth-order valence-corrected chi connectivity index (χ4v) is 2.23. The zero-order valence-electron chi connectivity index (χ0n) is 9.55. The zero-order valence-corrected chi connectivity index (χ0v) is 9.55. The van der Waals surface area contributed by atoms with Crippen LogP contribution < -0.4 is 0 Å². The summed E-state index contributed by atoms with van der Waals surface area (Å²) >= 11 is 0. The molecule has 6 nitrogen and oxygen atoms in total. The van der Waals surface area contributed by atoms with E-state index in [0.29, 0.717) is 12.8 Å². The summed E-state index contributed by atoms with van der Waals surface area (Å²) in [7, 11) is 0. The Morgan fingerprint density at radius 3 is 2.50 bits per heavy atom. The van der Waals surface area contributed by atoms with Gasteiger partial charge in [-0.15, -0.1) is 0 Å². The molecule has 18 heavy (non-hydrogen) atoms. The lowest BCUT2D eigenvalue weighted by Crippen LogP contribution is -2.36. The Hall–Kier alpha value is -1.57. The van der Waals surface area contributed by atoms with E-state index >= 15 is 0 Å². The van der Waals surface area contributed by atoms with Gasteiger partial charge in [0.05, 0.1) is 4.92 Å². The number of aromatic nitrogens is 2. The van der Waals surface area contributed by atoms with E-state index in [4.69, 9.17) is 0 Å². The van der Waals surface area contributed by atoms with Crippen molar-refractivity contribution in [2.75, 3.05) is 0 Å². The summed E-state index contributed by atoms with van der Waals surface area (Å²) < 4.78 is 26.2. The number of halogens is 2. The van der Waals surface area contributed by atoms with E-state index in [1.165, 1.54) is 0 Å². The van der Waals surface area contributed by atoms with Crippen LogP contribution in [0.1, 0.15) is 44.2 Å². The summed E-state index contributed by atoms with van der Waals surface area (Å²) in [6, 6.07) is 0. The molecule has 1 N–H and O–H groups in total. The highest BCUT2D eigenvalue weighted by atomic mass is 19.3. The molecule has 2 rings (SSSR count). The van der Waals surface area contributed by atoms with Gasteiger partial charge < -0.3 is 5.11 Å². The second-order valence-corrected chi connectivity index (χ2v) is 4.45. The number of rotatable bonds is 3. The minimum Gasteiger partial charge on any atom is -0.369 e. The summed E-state index contributed by atoms with van der Waals surface area (Å²) in [5.41, 5.74) is -3.01. The number of aliphatic hydroxyl groups is 1. The van der Waals surface area contributed by atoms with Crippen molar-refractivity contribution >= 4 is 5.69 Å². The van der Waals surface area contributed by atoms with Crippen molar-refractivity contribution in [1.29, 1.82) is 0 Å². The largest absolute Gasteiger partial charge is 0.369 e. The SMILES string of the molecule is O=[N+]([O-])c1cn(C2(O)CCCCC2)nc1C(F)F. The minimum atomic E-state index is -3.03. The number of hydrogen-bond acceptors (Lipinski definition) is 4. The third kappa shape index (κ3) is 2.20. The van der Waals surface area contributed by atoms with Gasteiger partial charge in [0.15, 0.2) is 5.72 Å². The lowest BCUT2D eigenvalue weighted by atomic mass is 9.92. The first-order chi connectivity index (χ1) is 8.44. The van der Waals surface area contributed by atoms with Crippen molar-refractivity contribution in [3.8, 4) is 0 Å². The van der Waals surface area contributed by atoms with Crippen molar-refractivity contribution in [1.82, 2.24) is 9.78 Å². The summed E-state index contributed by atoms with van der Waals surface area (Å²) in [6.45, 7) is 0. The van der Waals surface area contributed by atoms with Crippen molar-refractivity contribution in [2.24, 2.45) is 0 Å². The molecule has 8 heteroatoms. The summed E-state index contributed by atoms with van der Waals surface area (Å²) in [5.74, 6) is 0. The highest BCUT2D eigenvalue weighted by Crippen LogP contribution is 2.35. The third-order valence-electron chi connectivity index (χ3n) is 3.21. The molecule has 0 saturated heterocycles. The molecule has 0 radical (unpaired) electrons. The molecule has 1 aliphatic rings. The van der Waals surface area contributed by atoms with E-state index in [9.17, 15) is 24.0 Å². The lowest BCUT2D eigenvalue weighted by Gasteiger charge is -2.31. The van der Waals surface area contributed by atoms with E-state index < -0.39 is 28.5 Å². The average molecular weight is 261 g/mol. The van der Waals surface area contributed by atoms with Gasteiger partial charge in [-0.05, 0) is 25.7 Å². The highest BCUT2D eigenvalue weighted by Gasteiger charge is 2.36. The number of hydrogen-bond donors (Lipinski definition) is 1. The molecule has 1 aromatic heterocycles. The van der Waals surface area contributed by atoms with Crippen LogP contribution in [0.2, 0.25) is 0 Å². The van der Waals surface area contributed by atoms with Gasteiger partial charge >= 0.3 is 5.69 Å². The average Bonchev–Trinajstić information content (AvgIpc) is 2.75. The molecule has 0 unspecified atom stereocenters. The van der Waals surface area contributed by atoms with E-state index in [2.05, 4.69) is 5.10 Å². The Morgan fingerprint density at radius 2 is 2.06 bits per heavy atom. The van der Waals surface area contributed by atoms with Crippen LogP contribution in [0.3, 0.4) is 0 Å². The second-order valence-electron chi connectivity index (χ2n) is 4.45. The maximum Gasteiger partial charge on any atom is 0.316 e.